The summed E-state index contributed by atoms with van der Waals surface area (Å²) in [5.41, 5.74) is 11.7. The first kappa shape index (κ1) is 19.7. The molecule has 0 radical (unpaired) electrons. The quantitative estimate of drug-likeness (QED) is 0.377. The van der Waals surface area contributed by atoms with Gasteiger partial charge in [-0.25, -0.2) is 0 Å². The molecule has 1 amide bonds. The number of H-pyrrole nitrogens is 1. The number of aromatic amines is 1. The predicted molar refractivity (Wildman–Crippen MR) is 121 cm³/mol. The SMILES string of the molecule is CC(NC(=O)c1ccc(-c2cc(-c3ccc(Cl)cc3)[nH]n2)cc1)c1ccc(N)cc1. The van der Waals surface area contributed by atoms with Crippen LogP contribution in [0.15, 0.2) is 78.9 Å². The van der Waals surface area contributed by atoms with Crippen LogP contribution >= 0.6 is 11.6 Å². The fourth-order valence-electron chi connectivity index (χ4n) is 3.19. The minimum Gasteiger partial charge on any atom is -0.399 e. The van der Waals surface area contributed by atoms with Gasteiger partial charge in [0.2, 0.25) is 0 Å². The Morgan fingerprint density at radius 2 is 1.60 bits per heavy atom. The third kappa shape index (κ3) is 4.36. The largest absolute Gasteiger partial charge is 0.399 e. The van der Waals surface area contributed by atoms with E-state index in [1.807, 2.05) is 73.7 Å². The van der Waals surface area contributed by atoms with E-state index in [0.29, 0.717) is 16.3 Å². The van der Waals surface area contributed by atoms with Gasteiger partial charge in [-0.1, -0.05) is 48.0 Å². The van der Waals surface area contributed by atoms with E-state index in [0.717, 1.165) is 28.1 Å². The molecule has 3 aromatic carbocycles. The second-order valence-corrected chi connectivity index (χ2v) is 7.55. The number of nitrogens with one attached hydrogen (secondary N) is 2. The van der Waals surface area contributed by atoms with Gasteiger partial charge in [0.05, 0.1) is 17.4 Å². The molecule has 6 heteroatoms. The molecular formula is C24H21ClN4O. The highest BCUT2D eigenvalue weighted by Gasteiger charge is 2.12. The summed E-state index contributed by atoms with van der Waals surface area (Å²) in [6.07, 6.45) is 0. The number of halogens is 1. The highest BCUT2D eigenvalue weighted by molar-refractivity contribution is 6.30. The van der Waals surface area contributed by atoms with Crippen LogP contribution in [0.1, 0.15) is 28.9 Å². The van der Waals surface area contributed by atoms with Crippen LogP contribution < -0.4 is 11.1 Å². The Hall–Kier alpha value is -3.57. The number of benzene rings is 3. The van der Waals surface area contributed by atoms with Crippen LogP contribution in [0.5, 0.6) is 0 Å². The molecule has 1 heterocycles. The molecule has 1 aromatic heterocycles. The van der Waals surface area contributed by atoms with Crippen LogP contribution in [-0.2, 0) is 0 Å². The zero-order valence-corrected chi connectivity index (χ0v) is 17.1. The molecule has 4 rings (SSSR count). The molecule has 4 N–H and O–H groups in total. The Morgan fingerprint density at radius 3 is 2.27 bits per heavy atom. The lowest BCUT2D eigenvalue weighted by atomic mass is 10.1. The molecule has 0 fully saturated rings. The number of carbonyl (C=O) groups is 1. The van der Waals surface area contributed by atoms with Crippen molar-refractivity contribution in [2.24, 2.45) is 0 Å². The van der Waals surface area contributed by atoms with Crippen LogP contribution in [0.4, 0.5) is 5.69 Å². The fraction of sp³-hybridized carbons (Fsp3) is 0.0833. The molecule has 150 valence electrons. The Kier molecular flexibility index (Phi) is 5.55. The zero-order chi connectivity index (χ0) is 21.1. The lowest BCUT2D eigenvalue weighted by Crippen LogP contribution is -2.26. The van der Waals surface area contributed by atoms with E-state index >= 15 is 0 Å². The molecule has 1 unspecified atom stereocenters. The summed E-state index contributed by atoms with van der Waals surface area (Å²) in [6, 6.07) is 24.3. The van der Waals surface area contributed by atoms with Crippen LogP contribution in [0.25, 0.3) is 22.5 Å². The van der Waals surface area contributed by atoms with E-state index in [-0.39, 0.29) is 11.9 Å². The van der Waals surface area contributed by atoms with Gasteiger partial charge in [-0.3, -0.25) is 9.89 Å². The van der Waals surface area contributed by atoms with E-state index in [4.69, 9.17) is 17.3 Å². The Morgan fingerprint density at radius 1 is 0.967 bits per heavy atom. The van der Waals surface area contributed by atoms with Gasteiger partial charge in [-0.15, -0.1) is 0 Å². The number of hydrogen-bond acceptors (Lipinski definition) is 3. The molecule has 0 spiro atoms. The smallest absolute Gasteiger partial charge is 0.251 e. The molecule has 5 nitrogen and oxygen atoms in total. The second kappa shape index (κ2) is 8.43. The first-order valence-corrected chi connectivity index (χ1v) is 9.95. The summed E-state index contributed by atoms with van der Waals surface area (Å²) in [4.78, 5) is 12.6. The number of carbonyl (C=O) groups excluding carboxylic acids is 1. The van der Waals surface area contributed by atoms with Crippen molar-refractivity contribution in [3.05, 3.63) is 95.0 Å². The van der Waals surface area contributed by atoms with E-state index in [9.17, 15) is 4.79 Å². The minimum atomic E-state index is -0.130. The highest BCUT2D eigenvalue weighted by Crippen LogP contribution is 2.25. The Bertz CT molecular complexity index is 1150. The number of anilines is 1. The third-order valence-electron chi connectivity index (χ3n) is 4.96. The van der Waals surface area contributed by atoms with Crippen LogP contribution in [0.2, 0.25) is 5.02 Å². The number of nitrogens with two attached hydrogens (primary N) is 1. The lowest BCUT2D eigenvalue weighted by Gasteiger charge is -2.14. The van der Waals surface area contributed by atoms with Gasteiger partial charge >= 0.3 is 0 Å². The highest BCUT2D eigenvalue weighted by atomic mass is 35.5. The van der Waals surface area contributed by atoms with Gasteiger partial charge < -0.3 is 11.1 Å². The van der Waals surface area contributed by atoms with E-state index in [1.165, 1.54) is 0 Å². The molecule has 0 saturated carbocycles. The maximum atomic E-state index is 12.6. The summed E-state index contributed by atoms with van der Waals surface area (Å²) in [6.45, 7) is 1.94. The molecule has 0 saturated heterocycles. The van der Waals surface area contributed by atoms with E-state index in [1.54, 1.807) is 12.1 Å². The first-order valence-electron chi connectivity index (χ1n) is 9.58. The van der Waals surface area contributed by atoms with Gasteiger partial charge in [0, 0.05) is 21.8 Å². The van der Waals surface area contributed by atoms with Crippen molar-refractivity contribution in [3.63, 3.8) is 0 Å². The van der Waals surface area contributed by atoms with Gasteiger partial charge in [0.25, 0.3) is 5.91 Å². The predicted octanol–water partition coefficient (Wildman–Crippen LogP) is 5.47. The molecule has 1 atom stereocenters. The van der Waals surface area contributed by atoms with Gasteiger partial charge in [0.15, 0.2) is 0 Å². The number of nitrogen functional groups attached to an aromatic ring is 1. The van der Waals surface area contributed by atoms with Crippen LogP contribution in [0, 0.1) is 0 Å². The molecule has 30 heavy (non-hydrogen) atoms. The van der Waals surface area contributed by atoms with Crippen molar-refractivity contribution in [1.29, 1.82) is 0 Å². The zero-order valence-electron chi connectivity index (χ0n) is 16.4. The van der Waals surface area contributed by atoms with Crippen LogP contribution in [0.3, 0.4) is 0 Å². The number of hydrogen-bond donors (Lipinski definition) is 3. The molecule has 0 aliphatic carbocycles. The van der Waals surface area contributed by atoms with Gasteiger partial charge in [-0.05, 0) is 60.5 Å². The van der Waals surface area contributed by atoms with Crippen LogP contribution in [-0.4, -0.2) is 16.1 Å². The summed E-state index contributed by atoms with van der Waals surface area (Å²) >= 11 is 5.95. The third-order valence-corrected chi connectivity index (χ3v) is 5.21. The van der Waals surface area contributed by atoms with E-state index in [2.05, 4.69) is 15.5 Å². The molecule has 4 aromatic rings. The summed E-state index contributed by atoms with van der Waals surface area (Å²) in [5, 5.41) is 11.1. The standard InChI is InChI=1S/C24H21ClN4O/c1-15(16-8-12-21(26)13-9-16)27-24(30)19-4-2-17(3-5-19)22-14-23(29-28-22)18-6-10-20(25)11-7-18/h2-15H,26H2,1H3,(H,27,30)(H,28,29). The normalized spacial score (nSPS) is 11.8. The number of amides is 1. The topological polar surface area (TPSA) is 83.8 Å². The van der Waals surface area contributed by atoms with Crippen molar-refractivity contribution in [3.8, 4) is 22.5 Å². The molecular weight excluding hydrogens is 396 g/mol. The minimum absolute atomic E-state index is 0.119. The monoisotopic (exact) mass is 416 g/mol. The number of aromatic nitrogens is 2. The van der Waals surface area contributed by atoms with Gasteiger partial charge in [0.1, 0.15) is 0 Å². The Labute approximate surface area is 179 Å². The summed E-state index contributed by atoms with van der Waals surface area (Å²) < 4.78 is 0. The van der Waals surface area contributed by atoms with Crippen molar-refractivity contribution < 1.29 is 4.79 Å². The lowest BCUT2D eigenvalue weighted by molar-refractivity contribution is 0.0940. The maximum absolute atomic E-state index is 12.6. The molecule has 0 aliphatic rings. The molecule has 0 bridgehead atoms. The van der Waals surface area contributed by atoms with Gasteiger partial charge in [-0.2, -0.15) is 5.10 Å². The first-order chi connectivity index (χ1) is 14.5. The molecule has 0 aliphatic heterocycles. The number of nitrogens with zero attached hydrogens (tertiary/aromatic N) is 1. The van der Waals surface area contributed by atoms with Crippen molar-refractivity contribution in [1.82, 2.24) is 15.5 Å². The van der Waals surface area contributed by atoms with E-state index < -0.39 is 0 Å². The second-order valence-electron chi connectivity index (χ2n) is 7.11. The summed E-state index contributed by atoms with van der Waals surface area (Å²) in [5.74, 6) is -0.130. The van der Waals surface area contributed by atoms with Crippen molar-refractivity contribution in [2.75, 3.05) is 5.73 Å². The summed E-state index contributed by atoms with van der Waals surface area (Å²) in [7, 11) is 0. The van der Waals surface area contributed by atoms with Crippen molar-refractivity contribution in [2.45, 2.75) is 13.0 Å². The van der Waals surface area contributed by atoms with Crippen molar-refractivity contribution >= 4 is 23.2 Å². The Balaban J connectivity index is 1.45. The average molecular weight is 417 g/mol. The fourth-order valence-corrected chi connectivity index (χ4v) is 3.31. The maximum Gasteiger partial charge on any atom is 0.251 e. The number of rotatable bonds is 5. The average Bonchev–Trinajstić information content (AvgIpc) is 3.25.